The van der Waals surface area contributed by atoms with Gasteiger partial charge in [0.05, 0.1) is 11.4 Å². The molecule has 0 aliphatic carbocycles. The van der Waals surface area contributed by atoms with E-state index in [0.717, 1.165) is 17.1 Å². The van der Waals surface area contributed by atoms with Crippen LogP contribution in [0.3, 0.4) is 0 Å². The molecule has 102 valence electrons. The van der Waals surface area contributed by atoms with Gasteiger partial charge >= 0.3 is 0 Å². The third-order valence-electron chi connectivity index (χ3n) is 3.11. The number of hydrogen-bond donors (Lipinski definition) is 2. The summed E-state index contributed by atoms with van der Waals surface area (Å²) in [5, 5.41) is 3.20. The van der Waals surface area contributed by atoms with Gasteiger partial charge in [-0.3, -0.25) is 4.79 Å². The first kappa shape index (κ1) is 12.3. The van der Waals surface area contributed by atoms with Crippen LogP contribution in [0.15, 0.2) is 36.4 Å². The molecule has 3 rings (SSSR count). The van der Waals surface area contributed by atoms with Gasteiger partial charge in [0.15, 0.2) is 17.3 Å². The molecule has 0 bridgehead atoms. The van der Waals surface area contributed by atoms with Gasteiger partial charge < -0.3 is 20.5 Å². The van der Waals surface area contributed by atoms with Gasteiger partial charge in [-0.1, -0.05) is 0 Å². The fourth-order valence-electron chi connectivity index (χ4n) is 2.03. The van der Waals surface area contributed by atoms with E-state index in [-0.39, 0.29) is 12.6 Å². The predicted octanol–water partition coefficient (Wildman–Crippen LogP) is 2.94. The maximum absolute atomic E-state index is 11.3. The molecule has 3 N–H and O–H groups in total. The lowest BCUT2D eigenvalue weighted by molar-refractivity contribution is 0.101. The van der Waals surface area contributed by atoms with Crippen molar-refractivity contribution >= 4 is 22.8 Å². The number of ether oxygens (including phenoxy) is 2. The molecular formula is C15H14N2O3. The lowest BCUT2D eigenvalue weighted by Gasteiger charge is -2.10. The Hall–Kier alpha value is -2.69. The number of anilines is 3. The first-order valence-electron chi connectivity index (χ1n) is 6.20. The molecule has 0 saturated heterocycles. The van der Waals surface area contributed by atoms with Gasteiger partial charge in [0.1, 0.15) is 0 Å². The average molecular weight is 270 g/mol. The van der Waals surface area contributed by atoms with Gasteiger partial charge in [0, 0.05) is 17.3 Å². The van der Waals surface area contributed by atoms with Crippen LogP contribution in [0.25, 0.3) is 0 Å². The molecule has 1 aliphatic heterocycles. The Morgan fingerprint density at radius 1 is 1.15 bits per heavy atom. The van der Waals surface area contributed by atoms with Crippen molar-refractivity contribution in [2.24, 2.45) is 0 Å². The number of ketones is 1. The van der Waals surface area contributed by atoms with E-state index in [9.17, 15) is 4.79 Å². The van der Waals surface area contributed by atoms with Crippen molar-refractivity contribution in [3.05, 3.63) is 42.0 Å². The Bertz CT molecular complexity index is 683. The second-order valence-corrected chi connectivity index (χ2v) is 4.55. The minimum Gasteiger partial charge on any atom is -0.454 e. The molecule has 2 aromatic carbocycles. The highest BCUT2D eigenvalue weighted by Gasteiger charge is 2.13. The molecule has 0 spiro atoms. The topological polar surface area (TPSA) is 73.6 Å². The second kappa shape index (κ2) is 4.77. The molecule has 0 saturated carbocycles. The van der Waals surface area contributed by atoms with Crippen LogP contribution in [0.5, 0.6) is 11.5 Å². The molecule has 5 nitrogen and oxygen atoms in total. The maximum atomic E-state index is 11.3. The molecule has 20 heavy (non-hydrogen) atoms. The molecule has 0 amide bonds. The number of nitrogens with one attached hydrogen (secondary N) is 1. The number of fused-ring (bicyclic) bond motifs is 1. The molecule has 1 heterocycles. The Morgan fingerprint density at radius 2 is 1.95 bits per heavy atom. The molecule has 1 aliphatic rings. The minimum absolute atomic E-state index is 0.00803. The summed E-state index contributed by atoms with van der Waals surface area (Å²) in [6.45, 7) is 1.76. The van der Waals surface area contributed by atoms with Gasteiger partial charge in [0.25, 0.3) is 0 Å². The van der Waals surface area contributed by atoms with Crippen molar-refractivity contribution in [1.82, 2.24) is 0 Å². The first-order valence-corrected chi connectivity index (χ1v) is 6.20. The molecule has 5 heteroatoms. The van der Waals surface area contributed by atoms with E-state index in [2.05, 4.69) is 5.32 Å². The zero-order valence-corrected chi connectivity index (χ0v) is 11.0. The van der Waals surface area contributed by atoms with Gasteiger partial charge in [-0.25, -0.2) is 0 Å². The van der Waals surface area contributed by atoms with Crippen molar-refractivity contribution in [3.63, 3.8) is 0 Å². The number of nitrogen functional groups attached to an aromatic ring is 1. The van der Waals surface area contributed by atoms with Gasteiger partial charge in [-0.2, -0.15) is 0 Å². The fraction of sp³-hybridized carbons (Fsp3) is 0.133. The molecule has 0 atom stereocenters. The largest absolute Gasteiger partial charge is 0.454 e. The third kappa shape index (κ3) is 2.25. The van der Waals surface area contributed by atoms with Gasteiger partial charge in [-0.05, 0) is 37.3 Å². The first-order chi connectivity index (χ1) is 9.63. The van der Waals surface area contributed by atoms with Gasteiger partial charge in [-0.15, -0.1) is 0 Å². The van der Waals surface area contributed by atoms with Crippen LogP contribution in [0.2, 0.25) is 0 Å². The highest BCUT2D eigenvalue weighted by molar-refractivity contribution is 5.96. The lowest BCUT2D eigenvalue weighted by Crippen LogP contribution is -1.99. The highest BCUT2D eigenvalue weighted by atomic mass is 16.7. The second-order valence-electron chi connectivity index (χ2n) is 4.55. The molecule has 0 aromatic heterocycles. The van der Waals surface area contributed by atoms with Crippen LogP contribution in [0.4, 0.5) is 17.1 Å². The van der Waals surface area contributed by atoms with Crippen molar-refractivity contribution in [3.8, 4) is 11.5 Å². The number of nitrogens with two attached hydrogens (primary N) is 1. The highest BCUT2D eigenvalue weighted by Crippen LogP contribution is 2.35. The van der Waals surface area contributed by atoms with Crippen LogP contribution >= 0.6 is 0 Å². The van der Waals surface area contributed by atoms with E-state index in [1.54, 1.807) is 18.2 Å². The van der Waals surface area contributed by atoms with E-state index in [0.29, 0.717) is 17.0 Å². The van der Waals surface area contributed by atoms with Crippen LogP contribution in [-0.4, -0.2) is 12.6 Å². The smallest absolute Gasteiger partial charge is 0.231 e. The minimum atomic E-state index is -0.00803. The summed E-state index contributed by atoms with van der Waals surface area (Å²) in [5.41, 5.74) is 8.66. The van der Waals surface area contributed by atoms with Crippen molar-refractivity contribution in [2.75, 3.05) is 17.8 Å². The number of hydrogen-bond acceptors (Lipinski definition) is 5. The summed E-state index contributed by atoms with van der Waals surface area (Å²) in [4.78, 5) is 11.3. The van der Waals surface area contributed by atoms with Crippen LogP contribution in [0, 0.1) is 0 Å². The lowest BCUT2D eigenvalue weighted by atomic mass is 10.1. The zero-order chi connectivity index (χ0) is 14.1. The SMILES string of the molecule is CC(=O)c1ccc(Nc2ccc3c(c2)OCO3)c(N)c1. The normalized spacial score (nSPS) is 12.2. The van der Waals surface area contributed by atoms with E-state index in [1.165, 1.54) is 6.92 Å². The number of rotatable bonds is 3. The average Bonchev–Trinajstić information content (AvgIpc) is 2.88. The van der Waals surface area contributed by atoms with Crippen molar-refractivity contribution in [1.29, 1.82) is 0 Å². The van der Waals surface area contributed by atoms with E-state index in [4.69, 9.17) is 15.2 Å². The summed E-state index contributed by atoms with van der Waals surface area (Å²) >= 11 is 0. The van der Waals surface area contributed by atoms with Crippen LogP contribution in [0.1, 0.15) is 17.3 Å². The van der Waals surface area contributed by atoms with Gasteiger partial charge in [0.2, 0.25) is 6.79 Å². The Morgan fingerprint density at radius 3 is 2.70 bits per heavy atom. The summed E-state index contributed by atoms with van der Waals surface area (Å²) in [6.07, 6.45) is 0. The number of carbonyl (C=O) groups is 1. The number of benzene rings is 2. The van der Waals surface area contributed by atoms with E-state index in [1.807, 2.05) is 18.2 Å². The molecular weight excluding hydrogens is 256 g/mol. The Labute approximate surface area is 116 Å². The van der Waals surface area contributed by atoms with Crippen molar-refractivity contribution < 1.29 is 14.3 Å². The monoisotopic (exact) mass is 270 g/mol. The maximum Gasteiger partial charge on any atom is 0.231 e. The summed E-state index contributed by atoms with van der Waals surface area (Å²) in [7, 11) is 0. The zero-order valence-electron chi connectivity index (χ0n) is 11.0. The predicted molar refractivity (Wildman–Crippen MR) is 76.7 cm³/mol. The Kier molecular flexibility index (Phi) is 2.95. The quantitative estimate of drug-likeness (QED) is 0.662. The van der Waals surface area contributed by atoms with Crippen LogP contribution < -0.4 is 20.5 Å². The fourth-order valence-corrected chi connectivity index (χ4v) is 2.03. The molecule has 0 fully saturated rings. The standard InChI is InChI=1S/C15H14N2O3/c1-9(18)10-2-4-13(12(16)6-10)17-11-3-5-14-15(7-11)20-8-19-14/h2-7,17H,8,16H2,1H3. The third-order valence-corrected chi connectivity index (χ3v) is 3.11. The summed E-state index contributed by atoms with van der Waals surface area (Å²) in [6, 6.07) is 10.8. The number of carbonyl (C=O) groups excluding carboxylic acids is 1. The van der Waals surface area contributed by atoms with E-state index < -0.39 is 0 Å². The summed E-state index contributed by atoms with van der Waals surface area (Å²) < 4.78 is 10.6. The van der Waals surface area contributed by atoms with E-state index >= 15 is 0 Å². The number of Topliss-reactive ketones (excluding diaryl/α,β-unsaturated/α-hetero) is 1. The molecule has 0 unspecified atom stereocenters. The van der Waals surface area contributed by atoms with Crippen LogP contribution in [-0.2, 0) is 0 Å². The molecule has 0 radical (unpaired) electrons. The Balaban J connectivity index is 1.86. The van der Waals surface area contributed by atoms with Crippen molar-refractivity contribution in [2.45, 2.75) is 6.92 Å². The summed E-state index contributed by atoms with van der Waals surface area (Å²) in [5.74, 6) is 1.43. The molecule has 2 aromatic rings.